The molecule has 112 valence electrons. The van der Waals surface area contributed by atoms with E-state index in [4.69, 9.17) is 4.74 Å². The first-order valence-electron chi connectivity index (χ1n) is 6.67. The molecule has 0 saturated carbocycles. The lowest BCUT2D eigenvalue weighted by Crippen LogP contribution is -2.32. The normalized spacial score (nSPS) is 10.5. The van der Waals surface area contributed by atoms with Crippen LogP contribution >= 0.6 is 0 Å². The Kier molecular flexibility index (Phi) is 5.28. The van der Waals surface area contributed by atoms with Crippen molar-refractivity contribution in [2.24, 2.45) is 0 Å². The zero-order valence-corrected chi connectivity index (χ0v) is 11.8. The van der Waals surface area contributed by atoms with E-state index < -0.39 is 0 Å². The summed E-state index contributed by atoms with van der Waals surface area (Å²) in [5.74, 6) is -0.326. The average molecular weight is 290 g/mol. The molecule has 21 heavy (non-hydrogen) atoms. The number of aromatic amines is 1. The van der Waals surface area contributed by atoms with Crippen molar-refractivity contribution in [3.05, 3.63) is 30.0 Å². The molecule has 0 fully saturated rings. The van der Waals surface area contributed by atoms with Gasteiger partial charge >= 0.3 is 0 Å². The number of methoxy groups -OCH3 is 1. The maximum Gasteiger partial charge on any atom is 0.251 e. The number of nitrogens with one attached hydrogen (secondary N) is 3. The van der Waals surface area contributed by atoms with Crippen molar-refractivity contribution in [1.29, 1.82) is 0 Å². The summed E-state index contributed by atoms with van der Waals surface area (Å²) in [5, 5.41) is 13.1. The molecule has 1 aromatic carbocycles. The van der Waals surface area contributed by atoms with Crippen LogP contribution in [0.2, 0.25) is 0 Å². The Morgan fingerprint density at radius 2 is 2.14 bits per heavy atom. The van der Waals surface area contributed by atoms with Crippen LogP contribution in [-0.4, -0.2) is 48.8 Å². The molecular formula is C14H18N4O3. The van der Waals surface area contributed by atoms with Crippen molar-refractivity contribution in [1.82, 2.24) is 20.8 Å². The first-order valence-corrected chi connectivity index (χ1v) is 6.67. The fourth-order valence-corrected chi connectivity index (χ4v) is 1.85. The molecule has 2 amide bonds. The summed E-state index contributed by atoms with van der Waals surface area (Å²) in [6.45, 7) is 1.24. The molecule has 1 aromatic heterocycles. The molecule has 0 aliphatic rings. The number of aromatic nitrogens is 2. The molecule has 7 heteroatoms. The minimum Gasteiger partial charge on any atom is -0.383 e. The lowest BCUT2D eigenvalue weighted by molar-refractivity contribution is -0.121. The molecule has 7 nitrogen and oxygen atoms in total. The van der Waals surface area contributed by atoms with Crippen molar-refractivity contribution in [2.75, 3.05) is 26.8 Å². The second-order valence-corrected chi connectivity index (χ2v) is 4.52. The molecule has 0 aliphatic heterocycles. The van der Waals surface area contributed by atoms with Crippen LogP contribution in [-0.2, 0) is 9.53 Å². The van der Waals surface area contributed by atoms with Gasteiger partial charge in [0.2, 0.25) is 5.91 Å². The Hall–Kier alpha value is -2.41. The Bertz CT molecular complexity index is 623. The second-order valence-electron chi connectivity index (χ2n) is 4.52. The Morgan fingerprint density at radius 1 is 1.29 bits per heavy atom. The third-order valence-corrected chi connectivity index (χ3v) is 2.97. The topological polar surface area (TPSA) is 96.1 Å². The number of hydrogen-bond donors (Lipinski definition) is 3. The maximum absolute atomic E-state index is 12.0. The second kappa shape index (κ2) is 7.39. The molecule has 0 unspecified atom stereocenters. The predicted molar refractivity (Wildman–Crippen MR) is 77.9 cm³/mol. The van der Waals surface area contributed by atoms with E-state index in [9.17, 15) is 9.59 Å². The number of amides is 2. The number of carbonyl (C=O) groups excluding carboxylic acids is 2. The van der Waals surface area contributed by atoms with Crippen LogP contribution in [0.3, 0.4) is 0 Å². The standard InChI is InChI=1S/C14H18N4O3/c1-21-7-6-15-13(19)4-5-16-14(20)10-2-3-11-9-17-18-12(11)8-10/h2-3,8-9H,4-7H2,1H3,(H,15,19)(H,16,20)(H,17,18). The number of carbonyl (C=O) groups is 2. The van der Waals surface area contributed by atoms with Crippen LogP contribution < -0.4 is 10.6 Å². The third kappa shape index (κ3) is 4.28. The van der Waals surface area contributed by atoms with Crippen molar-refractivity contribution >= 4 is 22.7 Å². The highest BCUT2D eigenvalue weighted by Gasteiger charge is 2.08. The van der Waals surface area contributed by atoms with Crippen LogP contribution in [0.25, 0.3) is 10.9 Å². The van der Waals surface area contributed by atoms with E-state index in [1.54, 1.807) is 25.4 Å². The van der Waals surface area contributed by atoms with E-state index in [0.29, 0.717) is 25.3 Å². The highest BCUT2D eigenvalue weighted by Crippen LogP contribution is 2.12. The maximum atomic E-state index is 12.0. The van der Waals surface area contributed by atoms with Gasteiger partial charge in [0.1, 0.15) is 0 Å². The van der Waals surface area contributed by atoms with Gasteiger partial charge < -0.3 is 15.4 Å². The summed E-state index contributed by atoms with van der Waals surface area (Å²) in [6.07, 6.45) is 1.93. The lowest BCUT2D eigenvalue weighted by Gasteiger charge is -2.06. The predicted octanol–water partition coefficient (Wildman–Crippen LogP) is 0.445. The fourth-order valence-electron chi connectivity index (χ4n) is 1.85. The van der Waals surface area contributed by atoms with Gasteiger partial charge in [0.15, 0.2) is 0 Å². The summed E-state index contributed by atoms with van der Waals surface area (Å²) in [6, 6.07) is 5.29. The molecular weight excluding hydrogens is 272 g/mol. The van der Waals surface area contributed by atoms with Crippen LogP contribution in [0, 0.1) is 0 Å². The molecule has 3 N–H and O–H groups in total. The SMILES string of the molecule is COCCNC(=O)CCNC(=O)c1ccc2cn[nH]c2c1. The molecule has 0 atom stereocenters. The van der Waals surface area contributed by atoms with Gasteiger partial charge in [-0.2, -0.15) is 5.10 Å². The van der Waals surface area contributed by atoms with Crippen molar-refractivity contribution in [2.45, 2.75) is 6.42 Å². The molecule has 2 rings (SSSR count). The van der Waals surface area contributed by atoms with E-state index >= 15 is 0 Å². The Labute approximate surface area is 122 Å². The van der Waals surface area contributed by atoms with Gasteiger partial charge in [0.05, 0.1) is 18.3 Å². The summed E-state index contributed by atoms with van der Waals surface area (Å²) in [7, 11) is 1.57. The van der Waals surface area contributed by atoms with Gasteiger partial charge in [-0.3, -0.25) is 14.7 Å². The van der Waals surface area contributed by atoms with Gasteiger partial charge in [0, 0.05) is 37.6 Å². The number of H-pyrrole nitrogens is 1. The first-order chi connectivity index (χ1) is 10.2. The smallest absolute Gasteiger partial charge is 0.251 e. The molecule has 0 bridgehead atoms. The molecule has 2 aromatic rings. The van der Waals surface area contributed by atoms with Crippen LogP contribution in [0.4, 0.5) is 0 Å². The summed E-state index contributed by atoms with van der Waals surface area (Å²) < 4.78 is 4.83. The van der Waals surface area contributed by atoms with Gasteiger partial charge in [-0.05, 0) is 12.1 Å². The van der Waals surface area contributed by atoms with Crippen molar-refractivity contribution in [3.8, 4) is 0 Å². The molecule has 0 saturated heterocycles. The van der Waals surface area contributed by atoms with Gasteiger partial charge in [-0.1, -0.05) is 6.07 Å². The first kappa shape index (κ1) is 15.0. The van der Waals surface area contributed by atoms with E-state index in [2.05, 4.69) is 20.8 Å². The molecule has 0 spiro atoms. The fraction of sp³-hybridized carbons (Fsp3) is 0.357. The van der Waals surface area contributed by atoms with E-state index in [1.807, 2.05) is 6.07 Å². The van der Waals surface area contributed by atoms with E-state index in [-0.39, 0.29) is 18.2 Å². The van der Waals surface area contributed by atoms with Gasteiger partial charge in [-0.25, -0.2) is 0 Å². The lowest BCUT2D eigenvalue weighted by atomic mass is 10.1. The number of fused-ring (bicyclic) bond motifs is 1. The largest absolute Gasteiger partial charge is 0.383 e. The summed E-state index contributed by atoms with van der Waals surface area (Å²) in [5.41, 5.74) is 1.34. The quantitative estimate of drug-likeness (QED) is 0.645. The van der Waals surface area contributed by atoms with Crippen molar-refractivity contribution in [3.63, 3.8) is 0 Å². The van der Waals surface area contributed by atoms with Crippen LogP contribution in [0.5, 0.6) is 0 Å². The van der Waals surface area contributed by atoms with Gasteiger partial charge in [-0.15, -0.1) is 0 Å². The summed E-state index contributed by atoms with van der Waals surface area (Å²) in [4.78, 5) is 23.4. The third-order valence-electron chi connectivity index (χ3n) is 2.97. The Balaban J connectivity index is 1.77. The number of nitrogens with zero attached hydrogens (tertiary/aromatic N) is 1. The zero-order valence-electron chi connectivity index (χ0n) is 11.8. The van der Waals surface area contributed by atoms with Crippen LogP contribution in [0.15, 0.2) is 24.4 Å². The van der Waals surface area contributed by atoms with Crippen molar-refractivity contribution < 1.29 is 14.3 Å². The highest BCUT2D eigenvalue weighted by atomic mass is 16.5. The number of ether oxygens (including phenoxy) is 1. The minimum absolute atomic E-state index is 0.114. The molecule has 1 heterocycles. The van der Waals surface area contributed by atoms with E-state index in [1.165, 1.54) is 0 Å². The van der Waals surface area contributed by atoms with E-state index in [0.717, 1.165) is 10.9 Å². The monoisotopic (exact) mass is 290 g/mol. The summed E-state index contributed by atoms with van der Waals surface area (Å²) >= 11 is 0. The number of rotatable bonds is 7. The van der Waals surface area contributed by atoms with Crippen LogP contribution in [0.1, 0.15) is 16.8 Å². The molecule has 0 aliphatic carbocycles. The number of hydrogen-bond acceptors (Lipinski definition) is 4. The minimum atomic E-state index is -0.212. The zero-order chi connectivity index (χ0) is 15.1. The average Bonchev–Trinajstić information content (AvgIpc) is 2.94. The highest BCUT2D eigenvalue weighted by molar-refractivity contribution is 5.97. The molecule has 0 radical (unpaired) electrons. The number of benzene rings is 1. The van der Waals surface area contributed by atoms with Gasteiger partial charge in [0.25, 0.3) is 5.91 Å². The Morgan fingerprint density at radius 3 is 2.95 bits per heavy atom.